The van der Waals surface area contributed by atoms with Crippen molar-refractivity contribution in [2.24, 2.45) is 21.7 Å². The summed E-state index contributed by atoms with van der Waals surface area (Å²) in [4.78, 5) is 39.7. The van der Waals surface area contributed by atoms with E-state index < -0.39 is 10.8 Å². The Morgan fingerprint density at radius 1 is 0.578 bits per heavy atom. The van der Waals surface area contributed by atoms with Gasteiger partial charge in [-0.1, -0.05) is 103 Å². The largest absolute Gasteiger partial charge is 0.508 e. The predicted molar refractivity (Wildman–Crippen MR) is 259 cm³/mol. The standard InChI is InChI=1S/C27H32ClNO4.C26H32ClNO3/c1-26(2,3)15-23(31)24-20-13-19(30)11-12-21(20)29(16-17-7-9-18(28)10-8-17)22(24)14-27(4,5)25(32)33-6;1-25(2,3)14-23(31)24-20-12-19(30)10-11-21(20)28(22(24)13-26(4,5)16-29)15-17-6-8-18(27)9-7-17/h7-13,30H,14-16H2,1-6H3;6-12,29-30H,13-16H2,1-5H3. The highest BCUT2D eigenvalue weighted by Crippen LogP contribution is 2.39. The van der Waals surface area contributed by atoms with Gasteiger partial charge in [0.05, 0.1) is 12.5 Å². The number of phenols is 2. The molecule has 0 spiro atoms. The average Bonchev–Trinajstić information content (AvgIpc) is 3.64. The summed E-state index contributed by atoms with van der Waals surface area (Å²) >= 11 is 12.1. The smallest absolute Gasteiger partial charge is 0.311 e. The lowest BCUT2D eigenvalue weighted by atomic mass is 9.83. The van der Waals surface area contributed by atoms with E-state index in [4.69, 9.17) is 27.9 Å². The lowest BCUT2D eigenvalue weighted by Crippen LogP contribution is -2.30. The Morgan fingerprint density at radius 3 is 1.30 bits per heavy atom. The fraction of sp³-hybridized carbons (Fsp3) is 0.415. The summed E-state index contributed by atoms with van der Waals surface area (Å²) in [7, 11) is 1.37. The maximum atomic E-state index is 13.6. The van der Waals surface area contributed by atoms with E-state index in [1.165, 1.54) is 7.11 Å². The number of ether oxygens (including phenoxy) is 1. The molecule has 6 aromatic rings. The van der Waals surface area contributed by atoms with E-state index in [1.54, 1.807) is 24.3 Å². The van der Waals surface area contributed by atoms with Crippen molar-refractivity contribution in [3.63, 3.8) is 0 Å². The van der Waals surface area contributed by atoms with Crippen LogP contribution in [0.4, 0.5) is 0 Å². The van der Waals surface area contributed by atoms with Gasteiger partial charge in [0.25, 0.3) is 0 Å². The van der Waals surface area contributed by atoms with Gasteiger partial charge < -0.3 is 29.2 Å². The first-order valence-corrected chi connectivity index (χ1v) is 22.4. The molecule has 2 heterocycles. The van der Waals surface area contributed by atoms with E-state index in [2.05, 4.69) is 9.13 Å². The SMILES string of the molecule is CC(C)(C)CC(=O)c1c(CC(C)(C)CO)n(Cc2ccc(Cl)cc2)c2ccc(O)cc12.COC(=O)C(C)(C)Cc1c(C(=O)CC(C)(C)C)c2cc(O)ccc2n1Cc1ccc(Cl)cc1. The topological polar surface area (TPSA) is 131 Å². The number of fused-ring (bicyclic) bond motifs is 2. The van der Waals surface area contributed by atoms with Crippen molar-refractivity contribution in [2.75, 3.05) is 13.7 Å². The van der Waals surface area contributed by atoms with Gasteiger partial charge in [-0.05, 0) is 108 Å². The Labute approximate surface area is 388 Å². The van der Waals surface area contributed by atoms with Crippen LogP contribution in [0.3, 0.4) is 0 Å². The highest BCUT2D eigenvalue weighted by Gasteiger charge is 2.35. The van der Waals surface area contributed by atoms with Gasteiger partial charge in [-0.2, -0.15) is 0 Å². The molecule has 0 fully saturated rings. The van der Waals surface area contributed by atoms with Gasteiger partial charge in [-0.25, -0.2) is 0 Å². The van der Waals surface area contributed by atoms with Crippen LogP contribution in [0.15, 0.2) is 84.9 Å². The van der Waals surface area contributed by atoms with Gasteiger partial charge in [0.2, 0.25) is 0 Å². The molecule has 0 amide bonds. The van der Waals surface area contributed by atoms with E-state index in [0.29, 0.717) is 65.3 Å². The maximum Gasteiger partial charge on any atom is 0.311 e. The van der Waals surface area contributed by atoms with Crippen LogP contribution in [0.5, 0.6) is 11.5 Å². The van der Waals surface area contributed by atoms with Gasteiger partial charge in [0, 0.05) is 93.3 Å². The average molecular weight is 912 g/mol. The zero-order chi connectivity index (χ0) is 47.5. The van der Waals surface area contributed by atoms with Gasteiger partial charge in [0.1, 0.15) is 11.5 Å². The predicted octanol–water partition coefficient (Wildman–Crippen LogP) is 12.6. The van der Waals surface area contributed by atoms with Crippen molar-refractivity contribution in [1.29, 1.82) is 0 Å². The van der Waals surface area contributed by atoms with Crippen LogP contribution in [-0.2, 0) is 35.5 Å². The van der Waals surface area contributed by atoms with Crippen molar-refractivity contribution >= 4 is 62.5 Å². The number of aromatic hydroxyl groups is 2. The zero-order valence-corrected chi connectivity index (χ0v) is 40.7. The van der Waals surface area contributed by atoms with Crippen LogP contribution in [0.25, 0.3) is 21.8 Å². The van der Waals surface area contributed by atoms with Crippen molar-refractivity contribution in [3.05, 3.63) is 129 Å². The molecular formula is C53H64Cl2N2O7. The number of Topliss-reactive ketones (excluding diaryl/α,β-unsaturated/α-hetero) is 2. The van der Waals surface area contributed by atoms with Crippen LogP contribution in [0, 0.1) is 21.7 Å². The summed E-state index contributed by atoms with van der Waals surface area (Å²) in [6.45, 7) is 20.9. The molecule has 0 saturated heterocycles. The molecule has 6 rings (SSSR count). The number of benzene rings is 4. The number of nitrogens with zero attached hydrogens (tertiary/aromatic N) is 2. The lowest BCUT2D eigenvalue weighted by molar-refractivity contribution is -0.150. The minimum Gasteiger partial charge on any atom is -0.508 e. The van der Waals surface area contributed by atoms with Gasteiger partial charge in [-0.15, -0.1) is 0 Å². The van der Waals surface area contributed by atoms with Crippen molar-refractivity contribution in [1.82, 2.24) is 9.13 Å². The second-order valence-corrected chi connectivity index (χ2v) is 21.7. The Balaban J connectivity index is 0.000000241. The lowest BCUT2D eigenvalue weighted by Gasteiger charge is -2.24. The van der Waals surface area contributed by atoms with E-state index in [9.17, 15) is 29.7 Å². The number of hydrogen-bond donors (Lipinski definition) is 3. The second kappa shape index (κ2) is 19.6. The Morgan fingerprint density at radius 2 is 0.953 bits per heavy atom. The first kappa shape index (κ1) is 49.9. The van der Waals surface area contributed by atoms with Gasteiger partial charge in [-0.3, -0.25) is 14.4 Å². The number of phenolic OH excluding ortho intramolecular Hbond substituents is 2. The first-order chi connectivity index (χ1) is 29.7. The maximum absolute atomic E-state index is 13.6. The molecule has 11 heteroatoms. The summed E-state index contributed by atoms with van der Waals surface area (Å²) in [5.41, 5.74) is 5.03. The summed E-state index contributed by atoms with van der Waals surface area (Å²) in [6.07, 6.45) is 1.59. The Bertz CT molecular complexity index is 2640. The quantitative estimate of drug-likeness (QED) is 0.0732. The molecule has 0 aliphatic heterocycles. The fourth-order valence-electron chi connectivity index (χ4n) is 8.10. The molecule has 4 aromatic carbocycles. The molecule has 342 valence electrons. The fourth-order valence-corrected chi connectivity index (χ4v) is 8.36. The second-order valence-electron chi connectivity index (χ2n) is 20.8. The first-order valence-electron chi connectivity index (χ1n) is 21.7. The number of rotatable bonds is 14. The number of carbonyl (C=O) groups is 3. The minimum atomic E-state index is -0.848. The van der Waals surface area contributed by atoms with E-state index >= 15 is 0 Å². The number of aromatic nitrogens is 2. The number of carbonyl (C=O) groups excluding carboxylic acids is 3. The Kier molecular flexibility index (Phi) is 15.3. The van der Waals surface area contributed by atoms with Crippen LogP contribution in [-0.4, -0.2) is 55.7 Å². The zero-order valence-electron chi connectivity index (χ0n) is 39.2. The molecule has 0 bridgehead atoms. The van der Waals surface area contributed by atoms with Crippen molar-refractivity contribution in [3.8, 4) is 11.5 Å². The number of hydrogen-bond acceptors (Lipinski definition) is 7. The van der Waals surface area contributed by atoms with Gasteiger partial charge >= 0.3 is 5.97 Å². The molecular weight excluding hydrogens is 847 g/mol. The van der Waals surface area contributed by atoms with Crippen molar-refractivity contribution in [2.45, 2.75) is 108 Å². The molecule has 0 aliphatic rings. The number of esters is 1. The summed E-state index contributed by atoms with van der Waals surface area (Å²) in [5.74, 6) is -0.0724. The monoisotopic (exact) mass is 910 g/mol. The number of aliphatic hydroxyl groups is 1. The van der Waals surface area contributed by atoms with Crippen LogP contribution < -0.4 is 0 Å². The number of ketones is 2. The van der Waals surface area contributed by atoms with E-state index in [-0.39, 0.29) is 46.5 Å². The Hall–Kier alpha value is -5.09. The van der Waals surface area contributed by atoms with Crippen LogP contribution in [0.1, 0.15) is 125 Å². The molecule has 0 saturated carbocycles. The highest BCUT2D eigenvalue weighted by atomic mass is 35.5. The van der Waals surface area contributed by atoms with E-state index in [0.717, 1.165) is 38.9 Å². The number of halogens is 2. The third kappa shape index (κ3) is 12.4. The molecule has 0 unspecified atom stereocenters. The molecule has 0 radical (unpaired) electrons. The number of methoxy groups -OCH3 is 1. The van der Waals surface area contributed by atoms with Crippen molar-refractivity contribution < 1.29 is 34.4 Å². The molecule has 2 aromatic heterocycles. The summed E-state index contributed by atoms with van der Waals surface area (Å²) < 4.78 is 9.26. The summed E-state index contributed by atoms with van der Waals surface area (Å²) in [6, 6.07) is 25.5. The highest BCUT2D eigenvalue weighted by molar-refractivity contribution is 6.30. The third-order valence-corrected chi connectivity index (χ3v) is 11.7. The van der Waals surface area contributed by atoms with Crippen LogP contribution in [0.2, 0.25) is 10.0 Å². The summed E-state index contributed by atoms with van der Waals surface area (Å²) in [5, 5.41) is 33.2. The minimum absolute atomic E-state index is 0.00756. The van der Waals surface area contributed by atoms with E-state index in [1.807, 2.05) is 130 Å². The third-order valence-electron chi connectivity index (χ3n) is 11.2. The molecule has 9 nitrogen and oxygen atoms in total. The normalized spacial score (nSPS) is 12.3. The molecule has 0 atom stereocenters. The number of aliphatic hydroxyl groups excluding tert-OH is 1. The molecule has 0 aliphatic carbocycles. The molecule has 64 heavy (non-hydrogen) atoms. The van der Waals surface area contributed by atoms with Gasteiger partial charge in [0.15, 0.2) is 11.6 Å². The van der Waals surface area contributed by atoms with Crippen LogP contribution >= 0.6 is 23.2 Å². The molecule has 3 N–H and O–H groups in total.